The number of hydrogen-bond donors (Lipinski definition) is 0. The van der Waals surface area contributed by atoms with Crippen molar-refractivity contribution in [3.63, 3.8) is 0 Å². The highest BCUT2D eigenvalue weighted by Crippen LogP contribution is 2.32. The minimum Gasteiger partial charge on any atom is -0.480 e. The number of benzene rings is 1. The van der Waals surface area contributed by atoms with Crippen molar-refractivity contribution in [1.29, 1.82) is 10.5 Å². The summed E-state index contributed by atoms with van der Waals surface area (Å²) in [6.45, 7) is 7.66. The number of rotatable bonds is 3. The fourth-order valence-electron chi connectivity index (χ4n) is 3.21. The van der Waals surface area contributed by atoms with Crippen LogP contribution in [0.4, 0.5) is 0 Å². The van der Waals surface area contributed by atoms with E-state index in [1.807, 2.05) is 58.0 Å². The number of hydrogen-bond acceptors (Lipinski definition) is 6. The van der Waals surface area contributed by atoms with E-state index in [0.29, 0.717) is 22.9 Å². The molecule has 2 heterocycles. The van der Waals surface area contributed by atoms with Crippen molar-refractivity contribution in [3.8, 4) is 35.0 Å². The van der Waals surface area contributed by atoms with Crippen LogP contribution in [0.15, 0.2) is 30.3 Å². The van der Waals surface area contributed by atoms with Crippen LogP contribution in [0.25, 0.3) is 11.1 Å². The summed E-state index contributed by atoms with van der Waals surface area (Å²) in [5.74, 6) is 0.810. The van der Waals surface area contributed by atoms with Crippen molar-refractivity contribution in [2.45, 2.75) is 27.7 Å². The highest BCUT2D eigenvalue weighted by Gasteiger charge is 2.16. The van der Waals surface area contributed by atoms with Gasteiger partial charge < -0.3 is 9.47 Å². The van der Waals surface area contributed by atoms with Crippen molar-refractivity contribution in [2.75, 3.05) is 14.2 Å². The molecule has 3 aromatic rings. The molecule has 0 aliphatic rings. The third-order valence-electron chi connectivity index (χ3n) is 4.77. The number of aryl methyl sites for hydroxylation is 2. The number of aromatic nitrogens is 2. The lowest BCUT2D eigenvalue weighted by molar-refractivity contribution is 0.395. The van der Waals surface area contributed by atoms with Gasteiger partial charge in [-0.15, -0.1) is 0 Å². The average Bonchev–Trinajstić information content (AvgIpc) is 2.78. The van der Waals surface area contributed by atoms with Gasteiger partial charge in [-0.3, -0.25) is 0 Å². The van der Waals surface area contributed by atoms with Gasteiger partial charge in [0.25, 0.3) is 0 Å². The molecule has 0 fully saturated rings. The maximum atomic E-state index is 9.22. The molecule has 7 heteroatoms. The minimum atomic E-state index is 0.396. The fourth-order valence-corrected chi connectivity index (χ4v) is 3.60. The zero-order valence-electron chi connectivity index (χ0n) is 18.4. The van der Waals surface area contributed by atoms with Crippen LogP contribution in [-0.4, -0.2) is 24.2 Å². The Bertz CT molecular complexity index is 1180. The van der Waals surface area contributed by atoms with Crippen molar-refractivity contribution in [2.24, 2.45) is 0 Å². The molecule has 0 aliphatic carbocycles. The first-order chi connectivity index (χ1) is 14.8. The van der Waals surface area contributed by atoms with E-state index in [9.17, 15) is 5.26 Å². The summed E-state index contributed by atoms with van der Waals surface area (Å²) in [7, 11) is 3.05. The molecule has 0 radical (unpaired) electrons. The van der Waals surface area contributed by atoms with Crippen molar-refractivity contribution >= 4 is 22.6 Å². The zero-order valence-corrected chi connectivity index (χ0v) is 20.5. The first-order valence-electron chi connectivity index (χ1n) is 9.42. The molecule has 3 rings (SSSR count). The highest BCUT2D eigenvalue weighted by atomic mass is 127. The molecule has 0 spiro atoms. The van der Waals surface area contributed by atoms with E-state index < -0.39 is 0 Å². The van der Waals surface area contributed by atoms with Gasteiger partial charge in [-0.05, 0) is 67.0 Å². The molecule has 0 saturated heterocycles. The second-order valence-corrected chi connectivity index (χ2v) is 7.77. The van der Waals surface area contributed by atoms with Gasteiger partial charge in [0.15, 0.2) is 0 Å². The Morgan fingerprint density at radius 1 is 0.774 bits per heavy atom. The molecule has 0 aliphatic heterocycles. The SMILES string of the molecule is COc1nc(C)c(-c2ccccc2)c(C)c1C#N.COc1nc(C)c(I)c(C)c1C#N. The molecule has 0 bridgehead atoms. The van der Waals surface area contributed by atoms with E-state index in [1.54, 1.807) is 0 Å². The Labute approximate surface area is 196 Å². The van der Waals surface area contributed by atoms with E-state index in [0.717, 1.165) is 37.2 Å². The molecule has 6 nitrogen and oxygen atoms in total. The summed E-state index contributed by atoms with van der Waals surface area (Å²) in [5, 5.41) is 18.1. The fraction of sp³-hybridized carbons (Fsp3) is 0.250. The molecule has 158 valence electrons. The number of ether oxygens (including phenoxy) is 2. The molecular formula is C24H23IN4O2. The molecule has 2 aromatic heterocycles. The Morgan fingerprint density at radius 3 is 1.74 bits per heavy atom. The number of pyridine rings is 2. The minimum absolute atomic E-state index is 0.396. The first kappa shape index (κ1) is 24.1. The molecule has 0 N–H and O–H groups in total. The lowest BCUT2D eigenvalue weighted by Gasteiger charge is -2.13. The molecule has 0 atom stereocenters. The van der Waals surface area contributed by atoms with Crippen molar-refractivity contribution < 1.29 is 9.47 Å². The van der Waals surface area contributed by atoms with Gasteiger partial charge >= 0.3 is 0 Å². The van der Waals surface area contributed by atoms with E-state index in [1.165, 1.54) is 14.2 Å². The molecule has 0 amide bonds. The molecule has 0 saturated carbocycles. The number of nitrogens with zero attached hydrogens (tertiary/aromatic N) is 4. The van der Waals surface area contributed by atoms with Gasteiger partial charge in [0.2, 0.25) is 11.8 Å². The summed E-state index contributed by atoms with van der Waals surface area (Å²) in [4.78, 5) is 8.53. The summed E-state index contributed by atoms with van der Waals surface area (Å²) < 4.78 is 11.2. The first-order valence-corrected chi connectivity index (χ1v) is 10.5. The standard InChI is InChI=1S/C15H14N2O.C9H9IN2O/c1-10-13(9-16)15(18-3)17-11(2)14(10)12-7-5-4-6-8-12;1-5-7(4-11)9(13-3)12-6(2)8(5)10/h4-8H,1-3H3;1-3H3. The maximum Gasteiger partial charge on any atom is 0.231 e. The van der Waals surface area contributed by atoms with Gasteiger partial charge in [0.05, 0.1) is 19.9 Å². The predicted molar refractivity (Wildman–Crippen MR) is 128 cm³/mol. The second kappa shape index (κ2) is 10.7. The van der Waals surface area contributed by atoms with E-state index in [4.69, 9.17) is 14.7 Å². The van der Waals surface area contributed by atoms with E-state index >= 15 is 0 Å². The van der Waals surface area contributed by atoms with E-state index in [2.05, 4.69) is 44.7 Å². The van der Waals surface area contributed by atoms with Crippen LogP contribution in [-0.2, 0) is 0 Å². The largest absolute Gasteiger partial charge is 0.480 e. The predicted octanol–water partition coefficient (Wildman–Crippen LogP) is 5.43. The Balaban J connectivity index is 0.000000233. The molecular weight excluding hydrogens is 503 g/mol. The van der Waals surface area contributed by atoms with Gasteiger partial charge in [-0.2, -0.15) is 10.5 Å². The van der Waals surface area contributed by atoms with Crippen LogP contribution in [0.5, 0.6) is 11.8 Å². The van der Waals surface area contributed by atoms with Gasteiger partial charge in [0, 0.05) is 14.8 Å². The van der Waals surface area contributed by atoms with Crippen LogP contribution in [0.1, 0.15) is 33.6 Å². The normalized spacial score (nSPS) is 9.71. The van der Waals surface area contributed by atoms with Crippen LogP contribution >= 0.6 is 22.6 Å². The smallest absolute Gasteiger partial charge is 0.231 e. The molecule has 0 unspecified atom stereocenters. The number of halogens is 1. The summed E-state index contributed by atoms with van der Waals surface area (Å²) in [5.41, 5.74) is 6.72. The third kappa shape index (κ3) is 5.12. The number of methoxy groups -OCH3 is 2. The zero-order chi connectivity index (χ0) is 23.1. The summed E-state index contributed by atoms with van der Waals surface area (Å²) >= 11 is 2.18. The quantitative estimate of drug-likeness (QED) is 0.423. The lowest BCUT2D eigenvalue weighted by atomic mass is 9.96. The summed E-state index contributed by atoms with van der Waals surface area (Å²) in [6, 6.07) is 14.2. The van der Waals surface area contributed by atoms with Crippen LogP contribution < -0.4 is 9.47 Å². The topological polar surface area (TPSA) is 91.8 Å². The third-order valence-corrected chi connectivity index (χ3v) is 6.36. The van der Waals surface area contributed by atoms with Crippen LogP contribution in [0, 0.1) is 53.9 Å². The van der Waals surface area contributed by atoms with Gasteiger partial charge in [0.1, 0.15) is 23.3 Å². The second-order valence-electron chi connectivity index (χ2n) is 6.69. The maximum absolute atomic E-state index is 9.22. The van der Waals surface area contributed by atoms with E-state index in [-0.39, 0.29) is 0 Å². The van der Waals surface area contributed by atoms with Gasteiger partial charge in [-0.1, -0.05) is 30.3 Å². The van der Waals surface area contributed by atoms with Crippen LogP contribution in [0.2, 0.25) is 0 Å². The Morgan fingerprint density at radius 2 is 1.26 bits per heavy atom. The molecule has 31 heavy (non-hydrogen) atoms. The van der Waals surface area contributed by atoms with Crippen LogP contribution in [0.3, 0.4) is 0 Å². The monoisotopic (exact) mass is 526 g/mol. The Hall–Kier alpha value is -3.17. The van der Waals surface area contributed by atoms with Crippen molar-refractivity contribution in [3.05, 3.63) is 67.5 Å². The highest BCUT2D eigenvalue weighted by molar-refractivity contribution is 14.1. The average molecular weight is 526 g/mol. The lowest BCUT2D eigenvalue weighted by Crippen LogP contribution is -2.00. The molecule has 1 aromatic carbocycles. The summed E-state index contributed by atoms with van der Waals surface area (Å²) in [6.07, 6.45) is 0. The van der Waals surface area contributed by atoms with Crippen molar-refractivity contribution in [1.82, 2.24) is 9.97 Å². The number of nitriles is 2. The van der Waals surface area contributed by atoms with Gasteiger partial charge in [-0.25, -0.2) is 9.97 Å². The Kier molecular flexibility index (Phi) is 8.35.